The third kappa shape index (κ3) is 6.53. The highest BCUT2D eigenvalue weighted by Gasteiger charge is 2.68. The van der Waals surface area contributed by atoms with Gasteiger partial charge >= 0.3 is 0 Å². The van der Waals surface area contributed by atoms with Crippen LogP contribution in [-0.2, 0) is 42.7 Å². The minimum atomic E-state index is -0.765. The van der Waals surface area contributed by atoms with Crippen LogP contribution in [0.5, 0.6) is 0 Å². The highest BCUT2D eigenvalue weighted by Crippen LogP contribution is 2.54. The van der Waals surface area contributed by atoms with E-state index in [2.05, 4.69) is 27.0 Å². The van der Waals surface area contributed by atoms with Crippen LogP contribution in [0, 0.1) is 17.8 Å². The molecule has 10 heterocycles. The van der Waals surface area contributed by atoms with E-state index in [0.717, 1.165) is 56.1 Å². The Morgan fingerprint density at radius 1 is 0.765 bits per heavy atom. The summed E-state index contributed by atoms with van der Waals surface area (Å²) in [6, 6.07) is 0. The van der Waals surface area contributed by atoms with Gasteiger partial charge in [0.15, 0.2) is 5.79 Å². The van der Waals surface area contributed by atoms with Gasteiger partial charge in [0.25, 0.3) is 0 Å². The van der Waals surface area contributed by atoms with Crippen LogP contribution in [0.2, 0.25) is 0 Å². The first kappa shape index (κ1) is 35.5. The van der Waals surface area contributed by atoms with Crippen molar-refractivity contribution >= 4 is 5.78 Å². The lowest BCUT2D eigenvalue weighted by Crippen LogP contribution is -2.61. The van der Waals surface area contributed by atoms with Gasteiger partial charge in [0, 0.05) is 45.1 Å². The van der Waals surface area contributed by atoms with Gasteiger partial charge in [0.2, 0.25) is 0 Å². The SMILES string of the molecule is C=C1C[C@@H]2CC[C@@]34C[C@H]5OC6[C@@H](OC7CCC(CC(=O)C[C@@H]8[C@@H](C)[C@@H](C[C@H](O)CN)O[C@H]8CC8O[C@@H](CCC1O2)C[C@@H](C)C8=C)OC7[C@@H]6O3)C5O4. The third-order valence-electron chi connectivity index (χ3n) is 14.2. The summed E-state index contributed by atoms with van der Waals surface area (Å²) in [5.41, 5.74) is 8.06. The van der Waals surface area contributed by atoms with Crippen molar-refractivity contribution in [3.8, 4) is 0 Å². The van der Waals surface area contributed by atoms with Crippen molar-refractivity contribution in [3.63, 3.8) is 0 Å². The van der Waals surface area contributed by atoms with E-state index >= 15 is 0 Å². The zero-order chi connectivity index (χ0) is 35.2. The number of ketones is 1. The maximum absolute atomic E-state index is 14.0. The van der Waals surface area contributed by atoms with E-state index in [-0.39, 0.29) is 110 Å². The van der Waals surface area contributed by atoms with Gasteiger partial charge in [-0.25, -0.2) is 0 Å². The summed E-state index contributed by atoms with van der Waals surface area (Å²) >= 11 is 0. The summed E-state index contributed by atoms with van der Waals surface area (Å²) in [6.07, 6.45) is 6.43. The molecule has 51 heavy (non-hydrogen) atoms. The number of rotatable bonds is 3. The van der Waals surface area contributed by atoms with Crippen LogP contribution in [0.4, 0.5) is 0 Å². The molecule has 0 radical (unpaired) electrons. The lowest BCUT2D eigenvalue weighted by Gasteiger charge is -2.47. The average Bonchev–Trinajstić information content (AvgIpc) is 3.77. The van der Waals surface area contributed by atoms with Crippen molar-refractivity contribution in [1.29, 1.82) is 0 Å². The molecule has 10 saturated heterocycles. The standard InChI is InChI=1S/C40H59NO10/c1-19-11-25-5-7-29-20(2)12-27(44-29)9-10-40-17-34-36(50-40)37-38(49-34)39(51-40)35-30(48-37)8-6-26(46-35)13-23(42)14-28-22(4)31(15-24(43)18-41)47-33(28)16-32(45-25)21(19)3/h19,22,24-39,43H,2-3,5-18,41H2,1,4H3/t19-,22-,24+,25+,26?,27+,28-,29?,30?,31-,32?,33+,34-,35?,36?,37+,38?,39+,40+/m1/s1. The molecule has 10 aliphatic heterocycles. The van der Waals surface area contributed by atoms with Gasteiger partial charge in [0.05, 0.1) is 61.0 Å². The van der Waals surface area contributed by atoms with Gasteiger partial charge in [-0.05, 0) is 73.8 Å². The van der Waals surface area contributed by atoms with Gasteiger partial charge in [-0.15, -0.1) is 0 Å². The second-order valence-electron chi connectivity index (χ2n) is 17.6. The second kappa shape index (κ2) is 13.8. The highest BCUT2D eigenvalue weighted by atomic mass is 16.8. The van der Waals surface area contributed by atoms with Gasteiger partial charge in [-0.1, -0.05) is 27.0 Å². The van der Waals surface area contributed by atoms with Gasteiger partial charge in [-0.3, -0.25) is 4.79 Å². The third-order valence-corrected chi connectivity index (χ3v) is 14.2. The number of ether oxygens (including phenoxy) is 8. The Morgan fingerprint density at radius 3 is 2.35 bits per heavy atom. The van der Waals surface area contributed by atoms with Crippen molar-refractivity contribution in [2.75, 3.05) is 6.54 Å². The van der Waals surface area contributed by atoms with Crippen molar-refractivity contribution in [2.45, 2.75) is 195 Å². The first-order valence-corrected chi connectivity index (χ1v) is 20.1. The van der Waals surface area contributed by atoms with Gasteiger partial charge in [0.1, 0.15) is 36.3 Å². The number of hydrogen-bond acceptors (Lipinski definition) is 11. The van der Waals surface area contributed by atoms with E-state index in [0.29, 0.717) is 44.4 Å². The van der Waals surface area contributed by atoms with E-state index in [1.807, 2.05) is 0 Å². The molecule has 10 aliphatic rings. The van der Waals surface area contributed by atoms with E-state index in [4.69, 9.17) is 43.6 Å². The fraction of sp³-hybridized carbons (Fsp3) is 0.875. The highest BCUT2D eigenvalue weighted by molar-refractivity contribution is 5.79. The summed E-state index contributed by atoms with van der Waals surface area (Å²) in [6.45, 7) is 13.5. The molecule has 0 aliphatic carbocycles. The number of carbonyl (C=O) groups is 1. The van der Waals surface area contributed by atoms with Crippen LogP contribution in [-0.4, -0.2) is 115 Å². The molecule has 19 atom stereocenters. The zero-order valence-electron chi connectivity index (χ0n) is 30.4. The summed E-state index contributed by atoms with van der Waals surface area (Å²) in [4.78, 5) is 14.0. The van der Waals surface area contributed by atoms with Gasteiger partial charge in [-0.2, -0.15) is 0 Å². The molecule has 0 amide bonds. The molecule has 0 aromatic carbocycles. The molecular formula is C40H59NO10. The fourth-order valence-electron chi connectivity index (χ4n) is 11.3. The predicted octanol–water partition coefficient (Wildman–Crippen LogP) is 4.06. The number of aliphatic hydroxyl groups excluding tert-OH is 1. The first-order chi connectivity index (χ1) is 24.6. The Kier molecular flexibility index (Phi) is 9.59. The number of hydrogen-bond donors (Lipinski definition) is 2. The number of carbonyl (C=O) groups excluding carboxylic acids is 1. The van der Waals surface area contributed by atoms with Crippen LogP contribution < -0.4 is 5.73 Å². The molecule has 11 heteroatoms. The fourth-order valence-corrected chi connectivity index (χ4v) is 11.3. The molecule has 0 aromatic rings. The van der Waals surface area contributed by atoms with Crippen molar-refractivity contribution < 1.29 is 47.8 Å². The number of aliphatic hydroxyl groups is 1. The molecule has 0 aromatic heterocycles. The molecule has 1 spiro atoms. The van der Waals surface area contributed by atoms with Crippen molar-refractivity contribution in [1.82, 2.24) is 0 Å². The lowest BCUT2D eigenvalue weighted by molar-refractivity contribution is -0.292. The average molecular weight is 714 g/mol. The first-order valence-electron chi connectivity index (χ1n) is 20.1. The Balaban J connectivity index is 0.986. The minimum Gasteiger partial charge on any atom is -0.392 e. The molecule has 10 fully saturated rings. The van der Waals surface area contributed by atoms with Crippen molar-refractivity contribution in [2.24, 2.45) is 23.5 Å². The largest absolute Gasteiger partial charge is 0.392 e. The molecule has 284 valence electrons. The smallest absolute Gasteiger partial charge is 0.172 e. The number of Topliss-reactive ketones (excluding diaryl/α,β-unsaturated/α-hetero) is 1. The molecule has 10 rings (SSSR count). The predicted molar refractivity (Wildman–Crippen MR) is 185 cm³/mol. The topological polar surface area (TPSA) is 137 Å². The molecule has 7 unspecified atom stereocenters. The van der Waals surface area contributed by atoms with Gasteiger partial charge < -0.3 is 48.7 Å². The molecule has 0 saturated carbocycles. The van der Waals surface area contributed by atoms with E-state index in [9.17, 15) is 9.90 Å². The summed E-state index contributed by atoms with van der Waals surface area (Å²) in [7, 11) is 0. The normalized spacial score (nSPS) is 53.2. The van der Waals surface area contributed by atoms with Crippen LogP contribution in [0.3, 0.4) is 0 Å². The second-order valence-corrected chi connectivity index (χ2v) is 17.6. The number of fused-ring (bicyclic) bond motifs is 6. The lowest BCUT2D eigenvalue weighted by atomic mass is 9.78. The van der Waals surface area contributed by atoms with Crippen LogP contribution >= 0.6 is 0 Å². The summed E-state index contributed by atoms with van der Waals surface area (Å²) < 4.78 is 54.0. The maximum Gasteiger partial charge on any atom is 0.172 e. The van der Waals surface area contributed by atoms with Crippen LogP contribution in [0.25, 0.3) is 0 Å². The minimum absolute atomic E-state index is 0.00127. The Bertz CT molecular complexity index is 1360. The molecule has 11 nitrogen and oxygen atoms in total. The Labute approximate surface area is 302 Å². The van der Waals surface area contributed by atoms with E-state index in [1.165, 1.54) is 0 Å². The molecule has 12 bridgehead atoms. The molecule has 3 N–H and O–H groups in total. The van der Waals surface area contributed by atoms with Crippen LogP contribution in [0.15, 0.2) is 24.3 Å². The zero-order valence-corrected chi connectivity index (χ0v) is 30.4. The van der Waals surface area contributed by atoms with E-state index in [1.54, 1.807) is 0 Å². The quantitative estimate of drug-likeness (QED) is 0.410. The summed E-state index contributed by atoms with van der Waals surface area (Å²) in [5.74, 6) is -0.222. The van der Waals surface area contributed by atoms with Crippen LogP contribution in [0.1, 0.15) is 97.3 Å². The Hall–Kier alpha value is -1.25. The number of nitrogens with two attached hydrogens (primary N) is 1. The monoisotopic (exact) mass is 713 g/mol. The summed E-state index contributed by atoms with van der Waals surface area (Å²) in [5, 5.41) is 10.5. The van der Waals surface area contributed by atoms with Crippen molar-refractivity contribution in [3.05, 3.63) is 24.3 Å². The molecular weight excluding hydrogens is 654 g/mol. The maximum atomic E-state index is 14.0. The Morgan fingerprint density at radius 2 is 1.51 bits per heavy atom. The van der Waals surface area contributed by atoms with E-state index < -0.39 is 11.9 Å².